The van der Waals surface area contributed by atoms with E-state index in [1.165, 1.54) is 6.42 Å². The molecule has 1 N–H and O–H groups in total. The van der Waals surface area contributed by atoms with E-state index in [-0.39, 0.29) is 18.1 Å². The molecule has 2 bridgehead atoms. The van der Waals surface area contributed by atoms with Crippen LogP contribution in [-0.4, -0.2) is 61.4 Å². The van der Waals surface area contributed by atoms with Crippen LogP contribution in [-0.2, 0) is 14.3 Å². The highest BCUT2D eigenvalue weighted by molar-refractivity contribution is 5.81. The molecule has 120 valence electrons. The lowest BCUT2D eigenvalue weighted by Gasteiger charge is -2.31. The monoisotopic (exact) mass is 296 g/mol. The van der Waals surface area contributed by atoms with Crippen LogP contribution >= 0.6 is 0 Å². The summed E-state index contributed by atoms with van der Waals surface area (Å²) in [6, 6.07) is 0.775. The Balaban J connectivity index is 1.51. The fraction of sp³-hybridized carbons (Fsp3) is 0.938. The standard InChI is InChI=1S/C16H28N2O3/c1-12(21-11-15-4-2-3-9-20-15)16(19)18-13-5-6-14(18)10-17-8-7-13/h12-15,17H,2-11H2,1H3. The molecule has 5 heteroatoms. The molecule has 0 aromatic carbocycles. The van der Waals surface area contributed by atoms with Gasteiger partial charge in [0.2, 0.25) is 0 Å². The molecule has 4 atom stereocenters. The number of hydrogen-bond acceptors (Lipinski definition) is 4. The molecule has 0 aliphatic carbocycles. The van der Waals surface area contributed by atoms with Gasteiger partial charge in [0.25, 0.3) is 5.91 Å². The number of fused-ring (bicyclic) bond motifs is 2. The maximum atomic E-state index is 12.7. The summed E-state index contributed by atoms with van der Waals surface area (Å²) >= 11 is 0. The largest absolute Gasteiger partial charge is 0.376 e. The lowest BCUT2D eigenvalue weighted by atomic mass is 10.1. The van der Waals surface area contributed by atoms with Gasteiger partial charge < -0.3 is 19.7 Å². The Morgan fingerprint density at radius 2 is 2.14 bits per heavy atom. The van der Waals surface area contributed by atoms with Gasteiger partial charge in [0, 0.05) is 25.2 Å². The summed E-state index contributed by atoms with van der Waals surface area (Å²) in [5, 5.41) is 3.43. The predicted octanol–water partition coefficient (Wildman–Crippen LogP) is 1.31. The van der Waals surface area contributed by atoms with Crippen LogP contribution < -0.4 is 5.32 Å². The second kappa shape index (κ2) is 7.07. The molecule has 0 saturated carbocycles. The van der Waals surface area contributed by atoms with Crippen molar-refractivity contribution in [1.29, 1.82) is 0 Å². The Bertz CT molecular complexity index is 343. The molecule has 3 aliphatic rings. The first kappa shape index (κ1) is 15.3. The maximum absolute atomic E-state index is 12.7. The molecule has 0 aromatic rings. The van der Waals surface area contributed by atoms with Crippen LogP contribution in [0, 0.1) is 0 Å². The average molecular weight is 296 g/mol. The van der Waals surface area contributed by atoms with Crippen molar-refractivity contribution in [1.82, 2.24) is 10.2 Å². The third-order valence-corrected chi connectivity index (χ3v) is 5.06. The minimum Gasteiger partial charge on any atom is -0.376 e. The third kappa shape index (κ3) is 3.58. The van der Waals surface area contributed by atoms with Crippen molar-refractivity contribution in [3.8, 4) is 0 Å². The van der Waals surface area contributed by atoms with Gasteiger partial charge in [-0.15, -0.1) is 0 Å². The molecular weight excluding hydrogens is 268 g/mol. The maximum Gasteiger partial charge on any atom is 0.251 e. The van der Waals surface area contributed by atoms with E-state index in [9.17, 15) is 4.79 Å². The van der Waals surface area contributed by atoms with Gasteiger partial charge in [-0.2, -0.15) is 0 Å². The van der Waals surface area contributed by atoms with Gasteiger partial charge in [0.15, 0.2) is 0 Å². The smallest absolute Gasteiger partial charge is 0.251 e. The molecule has 3 aliphatic heterocycles. The highest BCUT2D eigenvalue weighted by atomic mass is 16.5. The van der Waals surface area contributed by atoms with E-state index in [2.05, 4.69) is 10.2 Å². The molecule has 3 fully saturated rings. The highest BCUT2D eigenvalue weighted by Crippen LogP contribution is 2.29. The fourth-order valence-electron chi connectivity index (χ4n) is 3.81. The van der Waals surface area contributed by atoms with Crippen LogP contribution in [0.2, 0.25) is 0 Å². The molecule has 1 amide bonds. The lowest BCUT2D eigenvalue weighted by Crippen LogP contribution is -2.47. The molecule has 21 heavy (non-hydrogen) atoms. The van der Waals surface area contributed by atoms with E-state index >= 15 is 0 Å². The summed E-state index contributed by atoms with van der Waals surface area (Å²) in [6.45, 7) is 5.23. The molecule has 3 rings (SSSR count). The Labute approximate surface area is 127 Å². The Hall–Kier alpha value is -0.650. The van der Waals surface area contributed by atoms with E-state index in [0.29, 0.717) is 18.7 Å². The summed E-state index contributed by atoms with van der Waals surface area (Å²) in [6.07, 6.45) is 6.58. The second-order valence-corrected chi connectivity index (χ2v) is 6.59. The summed E-state index contributed by atoms with van der Waals surface area (Å²) in [5.74, 6) is 0.169. The van der Waals surface area contributed by atoms with Gasteiger partial charge in [-0.05, 0) is 52.0 Å². The number of nitrogens with zero attached hydrogens (tertiary/aromatic N) is 1. The molecule has 3 saturated heterocycles. The first-order valence-electron chi connectivity index (χ1n) is 8.52. The lowest BCUT2D eigenvalue weighted by molar-refractivity contribution is -0.148. The van der Waals surface area contributed by atoms with Crippen molar-refractivity contribution in [2.24, 2.45) is 0 Å². The molecule has 0 aromatic heterocycles. The summed E-state index contributed by atoms with van der Waals surface area (Å²) < 4.78 is 11.5. The minimum atomic E-state index is -0.350. The minimum absolute atomic E-state index is 0.169. The van der Waals surface area contributed by atoms with E-state index in [1.54, 1.807) is 0 Å². The molecule has 4 unspecified atom stereocenters. The van der Waals surface area contributed by atoms with Crippen LogP contribution in [0.1, 0.15) is 45.4 Å². The Kier molecular flexibility index (Phi) is 5.14. The van der Waals surface area contributed by atoms with E-state index in [1.807, 2.05) is 6.92 Å². The van der Waals surface area contributed by atoms with Crippen LogP contribution in [0.15, 0.2) is 0 Å². The SMILES string of the molecule is CC(OCC1CCCCO1)C(=O)N1C2CCNCC1CC2. The molecule has 5 nitrogen and oxygen atoms in total. The highest BCUT2D eigenvalue weighted by Gasteiger charge is 2.39. The van der Waals surface area contributed by atoms with Crippen molar-refractivity contribution in [2.75, 3.05) is 26.3 Å². The normalized spacial score (nSPS) is 34.5. The number of nitrogens with one attached hydrogen (secondary N) is 1. The molecule has 3 heterocycles. The Morgan fingerprint density at radius 3 is 2.95 bits per heavy atom. The number of ether oxygens (including phenoxy) is 2. The summed E-state index contributed by atoms with van der Waals surface area (Å²) in [4.78, 5) is 14.8. The third-order valence-electron chi connectivity index (χ3n) is 5.06. The van der Waals surface area contributed by atoms with Crippen LogP contribution in [0.5, 0.6) is 0 Å². The fourth-order valence-corrected chi connectivity index (χ4v) is 3.81. The number of hydrogen-bond donors (Lipinski definition) is 1. The van der Waals surface area contributed by atoms with Gasteiger partial charge in [-0.3, -0.25) is 4.79 Å². The molecular formula is C16H28N2O3. The number of carbonyl (C=O) groups is 1. The molecule has 0 radical (unpaired) electrons. The van der Waals surface area contributed by atoms with Crippen LogP contribution in [0.4, 0.5) is 0 Å². The van der Waals surface area contributed by atoms with Gasteiger partial charge >= 0.3 is 0 Å². The van der Waals surface area contributed by atoms with Gasteiger partial charge in [-0.1, -0.05) is 0 Å². The Morgan fingerprint density at radius 1 is 1.29 bits per heavy atom. The van der Waals surface area contributed by atoms with Crippen molar-refractivity contribution in [2.45, 2.75) is 69.7 Å². The summed E-state index contributed by atoms with van der Waals surface area (Å²) in [7, 11) is 0. The number of rotatable bonds is 4. The average Bonchev–Trinajstić information content (AvgIpc) is 2.78. The van der Waals surface area contributed by atoms with E-state index in [4.69, 9.17) is 9.47 Å². The van der Waals surface area contributed by atoms with Crippen LogP contribution in [0.25, 0.3) is 0 Å². The van der Waals surface area contributed by atoms with Gasteiger partial charge in [-0.25, -0.2) is 0 Å². The topological polar surface area (TPSA) is 50.8 Å². The molecule has 0 spiro atoms. The van der Waals surface area contributed by atoms with E-state index < -0.39 is 0 Å². The van der Waals surface area contributed by atoms with E-state index in [0.717, 1.165) is 51.8 Å². The van der Waals surface area contributed by atoms with Gasteiger partial charge in [0.05, 0.1) is 12.7 Å². The zero-order chi connectivity index (χ0) is 14.7. The summed E-state index contributed by atoms with van der Waals surface area (Å²) in [5.41, 5.74) is 0. The van der Waals surface area contributed by atoms with Crippen molar-refractivity contribution < 1.29 is 14.3 Å². The van der Waals surface area contributed by atoms with Gasteiger partial charge in [0.1, 0.15) is 6.10 Å². The second-order valence-electron chi connectivity index (χ2n) is 6.59. The zero-order valence-electron chi connectivity index (χ0n) is 13.1. The predicted molar refractivity (Wildman–Crippen MR) is 80.1 cm³/mol. The zero-order valence-corrected chi connectivity index (χ0v) is 13.1. The first-order valence-corrected chi connectivity index (χ1v) is 8.52. The van der Waals surface area contributed by atoms with Crippen molar-refractivity contribution >= 4 is 5.91 Å². The van der Waals surface area contributed by atoms with Crippen LogP contribution in [0.3, 0.4) is 0 Å². The van der Waals surface area contributed by atoms with Crippen molar-refractivity contribution in [3.05, 3.63) is 0 Å². The quantitative estimate of drug-likeness (QED) is 0.850. The number of carbonyl (C=O) groups excluding carboxylic acids is 1. The number of amides is 1. The van der Waals surface area contributed by atoms with Crippen molar-refractivity contribution in [3.63, 3.8) is 0 Å². The first-order chi connectivity index (χ1) is 10.3.